The lowest BCUT2D eigenvalue weighted by molar-refractivity contribution is -0.137. The minimum atomic E-state index is -0.774. The highest BCUT2D eigenvalue weighted by Gasteiger charge is 2.56. The smallest absolute Gasteiger partial charge is 0.303 e. The predicted molar refractivity (Wildman–Crippen MR) is 69.6 cm³/mol. The largest absolute Gasteiger partial charge is 0.481 e. The van der Waals surface area contributed by atoms with E-state index in [1.54, 1.807) is 0 Å². The van der Waals surface area contributed by atoms with Crippen molar-refractivity contribution in [3.05, 3.63) is 12.2 Å². The number of carboxylic acid groups (broad SMARTS) is 1. The second-order valence-electron chi connectivity index (χ2n) is 5.74. The second-order valence-corrected chi connectivity index (χ2v) is 5.74. The Balaban J connectivity index is 1.78. The number of hydrogen-bond acceptors (Lipinski definition) is 3. The van der Waals surface area contributed by atoms with Gasteiger partial charge in [0.2, 0.25) is 0 Å². The fourth-order valence-corrected chi connectivity index (χ4v) is 3.46. The summed E-state index contributed by atoms with van der Waals surface area (Å²) in [5.41, 5.74) is -0.660. The Morgan fingerprint density at radius 3 is 2.84 bits per heavy atom. The van der Waals surface area contributed by atoms with E-state index >= 15 is 0 Å². The molecule has 0 aliphatic heterocycles. The first-order valence-corrected chi connectivity index (χ1v) is 6.96. The third kappa shape index (κ3) is 2.77. The summed E-state index contributed by atoms with van der Waals surface area (Å²) < 4.78 is 0. The van der Waals surface area contributed by atoms with E-state index in [1.807, 2.05) is 12.2 Å². The number of carboxylic acids is 1. The number of unbranched alkanes of at least 4 members (excludes halogenated alkanes) is 1. The Morgan fingerprint density at radius 1 is 1.42 bits per heavy atom. The number of rotatable bonds is 7. The molecule has 19 heavy (non-hydrogen) atoms. The maximum Gasteiger partial charge on any atom is 0.303 e. The fourth-order valence-electron chi connectivity index (χ4n) is 3.46. The molecule has 0 heterocycles. The van der Waals surface area contributed by atoms with Gasteiger partial charge in [-0.05, 0) is 44.4 Å². The van der Waals surface area contributed by atoms with Gasteiger partial charge in [-0.3, -0.25) is 9.59 Å². The normalized spacial score (nSPS) is 33.2. The first kappa shape index (κ1) is 14.0. The molecule has 0 amide bonds. The van der Waals surface area contributed by atoms with E-state index < -0.39 is 11.4 Å². The van der Waals surface area contributed by atoms with Gasteiger partial charge in [0.15, 0.2) is 0 Å². The van der Waals surface area contributed by atoms with Crippen molar-refractivity contribution in [2.24, 2.45) is 17.3 Å². The molecule has 0 aromatic carbocycles. The zero-order valence-electron chi connectivity index (χ0n) is 11.0. The average molecular weight is 264 g/mol. The summed E-state index contributed by atoms with van der Waals surface area (Å²) in [5.74, 6) is -0.255. The van der Waals surface area contributed by atoms with Crippen LogP contribution in [0.25, 0.3) is 0 Å². The van der Waals surface area contributed by atoms with Crippen molar-refractivity contribution < 1.29 is 19.5 Å². The minimum Gasteiger partial charge on any atom is -0.481 e. The quantitative estimate of drug-likeness (QED) is 0.331. The lowest BCUT2D eigenvalue weighted by atomic mass is 9.78. The zero-order valence-corrected chi connectivity index (χ0v) is 11.0. The molecule has 0 spiro atoms. The minimum absolute atomic E-state index is 0.00896. The Morgan fingerprint density at radius 2 is 2.21 bits per heavy atom. The van der Waals surface area contributed by atoms with Gasteiger partial charge in [-0.25, -0.2) is 0 Å². The molecule has 1 N–H and O–H groups in total. The van der Waals surface area contributed by atoms with Crippen molar-refractivity contribution in [2.45, 2.75) is 44.9 Å². The standard InChI is InChI=1S/C15H20O4/c16-10-15-8-7-11(9-15)12(14(15)19)5-3-1-2-4-6-13(17)18/h1,3,10-12H,2,4-9H2,(H,17,18)/b3-1-. The number of hydrogen-bond donors (Lipinski definition) is 1. The van der Waals surface area contributed by atoms with Gasteiger partial charge in [0.05, 0.1) is 5.41 Å². The van der Waals surface area contributed by atoms with Crippen molar-refractivity contribution in [3.63, 3.8) is 0 Å². The molecule has 0 saturated heterocycles. The number of ketones is 1. The van der Waals surface area contributed by atoms with Crippen LogP contribution in [0.3, 0.4) is 0 Å². The van der Waals surface area contributed by atoms with Crippen molar-refractivity contribution >= 4 is 18.0 Å². The van der Waals surface area contributed by atoms with Gasteiger partial charge in [0, 0.05) is 12.3 Å². The van der Waals surface area contributed by atoms with Crippen molar-refractivity contribution in [1.82, 2.24) is 0 Å². The van der Waals surface area contributed by atoms with Crippen LogP contribution in [0.2, 0.25) is 0 Å². The van der Waals surface area contributed by atoms with Gasteiger partial charge in [-0.2, -0.15) is 0 Å². The van der Waals surface area contributed by atoms with E-state index in [9.17, 15) is 14.4 Å². The average Bonchev–Trinajstić information content (AvgIpc) is 2.92. The summed E-state index contributed by atoms with van der Waals surface area (Å²) in [6.07, 6.45) is 9.51. The molecule has 2 rings (SSSR count). The summed E-state index contributed by atoms with van der Waals surface area (Å²) in [6.45, 7) is 0. The molecule has 2 aliphatic carbocycles. The molecule has 0 radical (unpaired) electrons. The Bertz CT molecular complexity index is 412. The van der Waals surface area contributed by atoms with Crippen LogP contribution in [0, 0.1) is 17.3 Å². The number of carbonyl (C=O) groups excluding carboxylic acids is 2. The molecule has 4 heteroatoms. The number of aliphatic carboxylic acids is 1. The third-order valence-corrected chi connectivity index (χ3v) is 4.53. The van der Waals surface area contributed by atoms with Crippen molar-refractivity contribution in [3.8, 4) is 0 Å². The van der Waals surface area contributed by atoms with Gasteiger partial charge < -0.3 is 9.90 Å². The summed E-state index contributed by atoms with van der Waals surface area (Å²) >= 11 is 0. The summed E-state index contributed by atoms with van der Waals surface area (Å²) in [7, 11) is 0. The Labute approximate surface area is 112 Å². The molecule has 3 atom stereocenters. The maximum absolute atomic E-state index is 12.2. The van der Waals surface area contributed by atoms with Crippen LogP contribution in [0.5, 0.6) is 0 Å². The molecule has 104 valence electrons. The van der Waals surface area contributed by atoms with Crippen LogP contribution in [0.4, 0.5) is 0 Å². The molecule has 0 aromatic heterocycles. The van der Waals surface area contributed by atoms with Crippen LogP contribution in [-0.2, 0) is 14.4 Å². The molecule has 4 nitrogen and oxygen atoms in total. The molecule has 0 aromatic rings. The van der Waals surface area contributed by atoms with E-state index in [4.69, 9.17) is 5.11 Å². The summed E-state index contributed by atoms with van der Waals surface area (Å²) in [6, 6.07) is 0. The Kier molecular flexibility index (Phi) is 4.17. The number of carbonyl (C=O) groups is 3. The zero-order chi connectivity index (χ0) is 13.9. The Hall–Kier alpha value is -1.45. The van der Waals surface area contributed by atoms with E-state index in [0.29, 0.717) is 18.8 Å². The number of aldehydes is 1. The fraction of sp³-hybridized carbons (Fsp3) is 0.667. The first-order chi connectivity index (χ1) is 9.09. The van der Waals surface area contributed by atoms with Gasteiger partial charge >= 0.3 is 5.97 Å². The number of allylic oxidation sites excluding steroid dienone is 2. The van der Waals surface area contributed by atoms with Gasteiger partial charge in [-0.15, -0.1) is 0 Å². The van der Waals surface area contributed by atoms with Gasteiger partial charge in [-0.1, -0.05) is 12.2 Å². The highest BCUT2D eigenvalue weighted by atomic mass is 16.4. The predicted octanol–water partition coefficient (Wildman–Crippen LogP) is 2.37. The third-order valence-electron chi connectivity index (χ3n) is 4.53. The van der Waals surface area contributed by atoms with Crippen molar-refractivity contribution in [2.75, 3.05) is 0 Å². The van der Waals surface area contributed by atoms with Gasteiger partial charge in [0.1, 0.15) is 12.1 Å². The SMILES string of the molecule is O=CC12CCC(C1)C(C/C=C\CCCC(=O)O)C2=O. The summed E-state index contributed by atoms with van der Waals surface area (Å²) in [4.78, 5) is 33.7. The molecule has 2 fully saturated rings. The number of Topliss-reactive ketones (excluding diaryl/α,β-unsaturated/α-hetero) is 1. The highest BCUT2D eigenvalue weighted by molar-refractivity contribution is 6.02. The van der Waals surface area contributed by atoms with E-state index in [2.05, 4.69) is 0 Å². The second kappa shape index (κ2) is 5.68. The molecule has 2 aliphatic rings. The van der Waals surface area contributed by atoms with E-state index in [-0.39, 0.29) is 18.1 Å². The lowest BCUT2D eigenvalue weighted by Crippen LogP contribution is -2.32. The number of fused-ring (bicyclic) bond motifs is 2. The van der Waals surface area contributed by atoms with E-state index in [1.165, 1.54) is 0 Å². The van der Waals surface area contributed by atoms with Gasteiger partial charge in [0.25, 0.3) is 0 Å². The van der Waals surface area contributed by atoms with Crippen LogP contribution in [0.1, 0.15) is 44.9 Å². The molecule has 2 saturated carbocycles. The summed E-state index contributed by atoms with van der Waals surface area (Å²) in [5, 5.41) is 8.50. The maximum atomic E-state index is 12.2. The highest BCUT2D eigenvalue weighted by Crippen LogP contribution is 2.54. The van der Waals surface area contributed by atoms with Crippen LogP contribution >= 0.6 is 0 Å². The van der Waals surface area contributed by atoms with E-state index in [0.717, 1.165) is 32.0 Å². The molecule has 3 unspecified atom stereocenters. The van der Waals surface area contributed by atoms with Crippen molar-refractivity contribution in [1.29, 1.82) is 0 Å². The van der Waals surface area contributed by atoms with Crippen LogP contribution in [-0.4, -0.2) is 23.1 Å². The molecular formula is C15H20O4. The monoisotopic (exact) mass is 264 g/mol. The molecular weight excluding hydrogens is 244 g/mol. The van der Waals surface area contributed by atoms with Crippen LogP contribution < -0.4 is 0 Å². The first-order valence-electron chi connectivity index (χ1n) is 6.96. The topological polar surface area (TPSA) is 71.4 Å². The molecule has 2 bridgehead atoms. The van der Waals surface area contributed by atoms with Crippen LogP contribution in [0.15, 0.2) is 12.2 Å². The lowest BCUT2D eigenvalue weighted by Gasteiger charge is -2.23.